The van der Waals surface area contributed by atoms with E-state index in [2.05, 4.69) is 5.32 Å². The number of benzene rings is 2. The van der Waals surface area contributed by atoms with Crippen molar-refractivity contribution in [2.24, 2.45) is 0 Å². The molecule has 0 radical (unpaired) electrons. The number of nitrogens with zero attached hydrogens (tertiary/aromatic N) is 2. The molecule has 11 nitrogen and oxygen atoms in total. The van der Waals surface area contributed by atoms with Crippen LogP contribution in [0.4, 0.5) is 11.4 Å². The summed E-state index contributed by atoms with van der Waals surface area (Å²) in [6.07, 6.45) is 0. The Kier molecular flexibility index (Phi) is 6.19. The van der Waals surface area contributed by atoms with Crippen molar-refractivity contribution in [2.75, 3.05) is 19.0 Å². The Labute approximate surface area is 182 Å². The van der Waals surface area contributed by atoms with Crippen LogP contribution in [-0.4, -0.2) is 53.3 Å². The van der Waals surface area contributed by atoms with Gasteiger partial charge in [-0.3, -0.25) is 29.4 Å². The molecule has 166 valence electrons. The molecule has 11 heteroatoms. The number of rotatable bonds is 7. The number of anilines is 1. The van der Waals surface area contributed by atoms with Crippen molar-refractivity contribution in [3.8, 4) is 5.75 Å². The Balaban J connectivity index is 1.64. The Hall–Kier alpha value is -4.28. The smallest absolute Gasteiger partial charge is 0.329 e. The zero-order chi connectivity index (χ0) is 23.6. The predicted octanol–water partition coefficient (Wildman–Crippen LogP) is 2.08. The number of carbonyl (C=O) groups is 4. The number of nitrogens with one attached hydrogen (secondary N) is 1. The second kappa shape index (κ2) is 8.84. The molecule has 1 N–H and O–H groups in total. The lowest BCUT2D eigenvalue weighted by molar-refractivity contribution is -0.384. The largest absolute Gasteiger partial charge is 0.496 e. The SMILES string of the molecule is COc1ccc(NC(=O)COC(=O)C(C)N2C(=O)c3ccc(C)cc3C2=O)c([N+](=O)[O-])c1. The Morgan fingerprint density at radius 2 is 1.81 bits per heavy atom. The van der Waals surface area contributed by atoms with E-state index in [-0.39, 0.29) is 22.6 Å². The van der Waals surface area contributed by atoms with Crippen LogP contribution in [0.5, 0.6) is 5.75 Å². The first kappa shape index (κ1) is 22.4. The lowest BCUT2D eigenvalue weighted by Crippen LogP contribution is -2.44. The molecule has 3 rings (SSSR count). The molecule has 3 amide bonds. The van der Waals surface area contributed by atoms with Gasteiger partial charge in [0.2, 0.25) is 0 Å². The summed E-state index contributed by atoms with van der Waals surface area (Å²) in [6.45, 7) is 2.31. The van der Waals surface area contributed by atoms with Gasteiger partial charge in [-0.15, -0.1) is 0 Å². The summed E-state index contributed by atoms with van der Waals surface area (Å²) >= 11 is 0. The summed E-state index contributed by atoms with van der Waals surface area (Å²) in [5.74, 6) is -2.84. The van der Waals surface area contributed by atoms with Gasteiger partial charge < -0.3 is 14.8 Å². The number of nitro benzene ring substituents is 1. The normalized spacial score (nSPS) is 13.4. The van der Waals surface area contributed by atoms with Gasteiger partial charge in [0.1, 0.15) is 17.5 Å². The standard InChI is InChI=1S/C21H19N3O8/c1-11-4-6-14-15(8-11)20(27)23(19(14)26)12(2)21(28)32-10-18(25)22-16-7-5-13(31-3)9-17(16)24(29)30/h4-9,12H,10H2,1-3H3,(H,22,25). The van der Waals surface area contributed by atoms with E-state index in [4.69, 9.17) is 9.47 Å². The number of methoxy groups -OCH3 is 1. The molecular formula is C21H19N3O8. The number of hydrogen-bond donors (Lipinski definition) is 1. The molecule has 0 saturated heterocycles. The molecule has 2 aromatic carbocycles. The number of hydrogen-bond acceptors (Lipinski definition) is 8. The zero-order valence-corrected chi connectivity index (χ0v) is 17.4. The number of imide groups is 1. The molecule has 0 fully saturated rings. The van der Waals surface area contributed by atoms with Crippen LogP contribution < -0.4 is 10.1 Å². The van der Waals surface area contributed by atoms with Gasteiger partial charge in [-0.2, -0.15) is 0 Å². The van der Waals surface area contributed by atoms with Crippen LogP contribution in [0.25, 0.3) is 0 Å². The molecule has 0 aromatic heterocycles. The Morgan fingerprint density at radius 3 is 2.47 bits per heavy atom. The van der Waals surface area contributed by atoms with E-state index >= 15 is 0 Å². The van der Waals surface area contributed by atoms with E-state index < -0.39 is 47.0 Å². The number of aryl methyl sites for hydroxylation is 1. The average molecular weight is 441 g/mol. The van der Waals surface area contributed by atoms with Crippen LogP contribution in [0.15, 0.2) is 36.4 Å². The van der Waals surface area contributed by atoms with E-state index in [1.807, 2.05) is 0 Å². The van der Waals surface area contributed by atoms with Gasteiger partial charge in [-0.25, -0.2) is 4.79 Å². The first-order chi connectivity index (χ1) is 15.1. The fraction of sp³-hybridized carbons (Fsp3) is 0.238. The number of esters is 1. The van der Waals surface area contributed by atoms with Gasteiger partial charge in [0.15, 0.2) is 6.61 Å². The third-order valence-electron chi connectivity index (χ3n) is 4.82. The molecule has 0 saturated carbocycles. The summed E-state index contributed by atoms with van der Waals surface area (Å²) in [5.41, 5.74) is 0.648. The summed E-state index contributed by atoms with van der Waals surface area (Å²) in [5, 5.41) is 13.5. The molecule has 1 aliphatic heterocycles. The highest BCUT2D eigenvalue weighted by molar-refractivity contribution is 6.22. The van der Waals surface area contributed by atoms with Crippen molar-refractivity contribution < 1.29 is 33.6 Å². The van der Waals surface area contributed by atoms with Gasteiger partial charge in [0, 0.05) is 0 Å². The van der Waals surface area contributed by atoms with Crippen LogP contribution in [0.2, 0.25) is 0 Å². The first-order valence-electron chi connectivity index (χ1n) is 9.41. The fourth-order valence-electron chi connectivity index (χ4n) is 3.17. The van der Waals surface area contributed by atoms with E-state index in [0.717, 1.165) is 16.5 Å². The van der Waals surface area contributed by atoms with Crippen molar-refractivity contribution in [1.29, 1.82) is 0 Å². The molecule has 1 aliphatic rings. The van der Waals surface area contributed by atoms with Crippen LogP contribution in [-0.2, 0) is 14.3 Å². The lowest BCUT2D eigenvalue weighted by atomic mass is 10.1. The third-order valence-corrected chi connectivity index (χ3v) is 4.82. The molecule has 2 aromatic rings. The van der Waals surface area contributed by atoms with Crippen molar-refractivity contribution in [3.05, 3.63) is 63.2 Å². The number of nitro groups is 1. The number of ether oxygens (including phenoxy) is 2. The van der Waals surface area contributed by atoms with E-state index in [0.29, 0.717) is 0 Å². The predicted molar refractivity (Wildman–Crippen MR) is 110 cm³/mol. The molecule has 1 atom stereocenters. The average Bonchev–Trinajstić information content (AvgIpc) is 3.00. The maximum Gasteiger partial charge on any atom is 0.329 e. The summed E-state index contributed by atoms with van der Waals surface area (Å²) in [4.78, 5) is 60.9. The second-order valence-corrected chi connectivity index (χ2v) is 7.00. The maximum atomic E-state index is 12.6. The summed E-state index contributed by atoms with van der Waals surface area (Å²) in [6, 6.07) is 7.31. The van der Waals surface area contributed by atoms with E-state index in [1.165, 1.54) is 32.2 Å². The minimum atomic E-state index is -1.27. The van der Waals surface area contributed by atoms with Gasteiger partial charge in [0.05, 0.1) is 29.2 Å². The monoisotopic (exact) mass is 441 g/mol. The summed E-state index contributed by atoms with van der Waals surface area (Å²) in [7, 11) is 1.34. The van der Waals surface area contributed by atoms with Crippen molar-refractivity contribution >= 4 is 35.1 Å². The fourth-order valence-corrected chi connectivity index (χ4v) is 3.17. The summed E-state index contributed by atoms with van der Waals surface area (Å²) < 4.78 is 9.84. The minimum absolute atomic E-state index is 0.111. The van der Waals surface area contributed by atoms with Crippen LogP contribution in [0.3, 0.4) is 0 Å². The maximum absolute atomic E-state index is 12.6. The first-order valence-corrected chi connectivity index (χ1v) is 9.41. The highest BCUT2D eigenvalue weighted by Crippen LogP contribution is 2.29. The molecule has 1 unspecified atom stereocenters. The zero-order valence-electron chi connectivity index (χ0n) is 17.4. The van der Waals surface area contributed by atoms with Crippen molar-refractivity contribution in [2.45, 2.75) is 19.9 Å². The second-order valence-electron chi connectivity index (χ2n) is 7.00. The molecule has 0 aliphatic carbocycles. The highest BCUT2D eigenvalue weighted by Gasteiger charge is 2.41. The number of fused-ring (bicyclic) bond motifs is 1. The number of amides is 3. The van der Waals surface area contributed by atoms with Crippen molar-refractivity contribution in [3.63, 3.8) is 0 Å². The molecule has 32 heavy (non-hydrogen) atoms. The minimum Gasteiger partial charge on any atom is -0.496 e. The van der Waals surface area contributed by atoms with Gasteiger partial charge in [-0.1, -0.05) is 11.6 Å². The van der Waals surface area contributed by atoms with Crippen LogP contribution >= 0.6 is 0 Å². The van der Waals surface area contributed by atoms with Crippen LogP contribution in [0.1, 0.15) is 33.2 Å². The Bertz CT molecular complexity index is 1140. The highest BCUT2D eigenvalue weighted by atomic mass is 16.6. The molecular weight excluding hydrogens is 422 g/mol. The van der Waals surface area contributed by atoms with E-state index in [9.17, 15) is 29.3 Å². The van der Waals surface area contributed by atoms with E-state index in [1.54, 1.807) is 19.1 Å². The molecule has 0 spiro atoms. The van der Waals surface area contributed by atoms with Crippen LogP contribution in [0, 0.1) is 17.0 Å². The lowest BCUT2D eigenvalue weighted by Gasteiger charge is -2.20. The van der Waals surface area contributed by atoms with Gasteiger partial charge >= 0.3 is 5.97 Å². The topological polar surface area (TPSA) is 145 Å². The van der Waals surface area contributed by atoms with Crippen molar-refractivity contribution in [1.82, 2.24) is 4.90 Å². The molecule has 1 heterocycles. The quantitative estimate of drug-likeness (QED) is 0.297. The molecule has 0 bridgehead atoms. The van der Waals surface area contributed by atoms with Gasteiger partial charge in [0.25, 0.3) is 23.4 Å². The van der Waals surface area contributed by atoms with Gasteiger partial charge in [-0.05, 0) is 38.1 Å². The number of carbonyl (C=O) groups excluding carboxylic acids is 4. The Morgan fingerprint density at radius 1 is 1.12 bits per heavy atom. The third kappa shape index (κ3) is 4.26.